The number of rotatable bonds is 6. The van der Waals surface area contributed by atoms with E-state index in [-0.39, 0.29) is 6.04 Å². The van der Waals surface area contributed by atoms with Crippen LogP contribution in [0.2, 0.25) is 5.02 Å². The Bertz CT molecular complexity index is 605. The Morgan fingerprint density at radius 1 is 1.29 bits per heavy atom. The number of aromatic nitrogens is 1. The number of methoxy groups -OCH3 is 2. The first kappa shape index (κ1) is 15.6. The Morgan fingerprint density at radius 2 is 2.10 bits per heavy atom. The molecule has 5 heteroatoms. The van der Waals surface area contributed by atoms with Crippen LogP contribution < -0.4 is 10.1 Å². The molecule has 0 aliphatic heterocycles. The molecule has 1 N–H and O–H groups in total. The summed E-state index contributed by atoms with van der Waals surface area (Å²) in [6.45, 7) is 2.58. The van der Waals surface area contributed by atoms with Gasteiger partial charge in [0.15, 0.2) is 0 Å². The van der Waals surface area contributed by atoms with Gasteiger partial charge >= 0.3 is 0 Å². The number of hydrogen-bond donors (Lipinski definition) is 1. The number of nitrogens with one attached hydrogen (secondary N) is 1. The lowest BCUT2D eigenvalue weighted by Crippen LogP contribution is -2.08. The number of nitrogens with zero attached hydrogens (tertiary/aromatic N) is 1. The molecule has 4 nitrogen and oxygen atoms in total. The lowest BCUT2D eigenvalue weighted by molar-refractivity contribution is 0.181. The minimum atomic E-state index is 0.0909. The maximum Gasteiger partial charge on any atom is 0.124 e. The van der Waals surface area contributed by atoms with E-state index in [1.807, 2.05) is 12.1 Å². The predicted octanol–water partition coefficient (Wildman–Crippen LogP) is 4.06. The van der Waals surface area contributed by atoms with Gasteiger partial charge in [-0.05, 0) is 30.7 Å². The molecule has 0 saturated carbocycles. The SMILES string of the molecule is COCc1cc(C(C)Nc2cnccc2Cl)ccc1OC. The minimum Gasteiger partial charge on any atom is -0.496 e. The minimum absolute atomic E-state index is 0.0909. The molecule has 0 aliphatic rings. The van der Waals surface area contributed by atoms with Crippen molar-refractivity contribution in [2.75, 3.05) is 19.5 Å². The predicted molar refractivity (Wildman–Crippen MR) is 85.0 cm³/mol. The summed E-state index contributed by atoms with van der Waals surface area (Å²) >= 11 is 6.14. The van der Waals surface area contributed by atoms with E-state index in [0.29, 0.717) is 11.6 Å². The Balaban J connectivity index is 2.21. The van der Waals surface area contributed by atoms with Crippen molar-refractivity contribution in [1.82, 2.24) is 4.98 Å². The van der Waals surface area contributed by atoms with Crippen LogP contribution in [0.25, 0.3) is 0 Å². The van der Waals surface area contributed by atoms with Gasteiger partial charge in [0.2, 0.25) is 0 Å². The Morgan fingerprint density at radius 3 is 2.76 bits per heavy atom. The summed E-state index contributed by atoms with van der Waals surface area (Å²) in [5.74, 6) is 0.826. The third-order valence-electron chi connectivity index (χ3n) is 3.24. The van der Waals surface area contributed by atoms with Crippen LogP contribution in [-0.4, -0.2) is 19.2 Å². The van der Waals surface area contributed by atoms with Crippen molar-refractivity contribution >= 4 is 17.3 Å². The largest absolute Gasteiger partial charge is 0.496 e. The molecule has 0 bridgehead atoms. The first-order chi connectivity index (χ1) is 10.2. The van der Waals surface area contributed by atoms with Gasteiger partial charge in [-0.2, -0.15) is 0 Å². The number of ether oxygens (including phenoxy) is 2. The molecule has 0 saturated heterocycles. The van der Waals surface area contributed by atoms with Crippen LogP contribution in [0.15, 0.2) is 36.7 Å². The zero-order valence-electron chi connectivity index (χ0n) is 12.4. The molecule has 1 heterocycles. The fourth-order valence-electron chi connectivity index (χ4n) is 2.14. The van der Waals surface area contributed by atoms with E-state index in [0.717, 1.165) is 22.6 Å². The second-order valence-corrected chi connectivity index (χ2v) is 5.13. The summed E-state index contributed by atoms with van der Waals surface area (Å²) in [6, 6.07) is 7.91. The number of benzene rings is 1. The van der Waals surface area contributed by atoms with Gasteiger partial charge in [-0.15, -0.1) is 0 Å². The van der Waals surface area contributed by atoms with Crippen LogP contribution in [0.5, 0.6) is 5.75 Å². The summed E-state index contributed by atoms with van der Waals surface area (Å²) in [4.78, 5) is 4.08. The molecule has 1 atom stereocenters. The van der Waals surface area contributed by atoms with Crippen LogP contribution in [0.3, 0.4) is 0 Å². The van der Waals surface area contributed by atoms with Gasteiger partial charge in [0.05, 0.1) is 30.6 Å². The first-order valence-electron chi connectivity index (χ1n) is 6.67. The molecule has 0 aliphatic carbocycles. The second kappa shape index (κ2) is 7.29. The monoisotopic (exact) mass is 306 g/mol. The van der Waals surface area contributed by atoms with Crippen molar-refractivity contribution in [3.63, 3.8) is 0 Å². The molecule has 112 valence electrons. The van der Waals surface area contributed by atoms with E-state index >= 15 is 0 Å². The van der Waals surface area contributed by atoms with Crippen LogP contribution >= 0.6 is 11.6 Å². The Kier molecular flexibility index (Phi) is 5.42. The van der Waals surface area contributed by atoms with Crippen molar-refractivity contribution in [3.8, 4) is 5.75 Å². The Hall–Kier alpha value is -1.78. The maximum absolute atomic E-state index is 6.14. The molecule has 1 aromatic heterocycles. The summed E-state index contributed by atoms with van der Waals surface area (Å²) < 4.78 is 10.5. The fraction of sp³-hybridized carbons (Fsp3) is 0.312. The molecule has 1 unspecified atom stereocenters. The van der Waals surface area contributed by atoms with Crippen molar-refractivity contribution in [2.24, 2.45) is 0 Å². The van der Waals surface area contributed by atoms with Crippen molar-refractivity contribution in [3.05, 3.63) is 52.8 Å². The Labute approximate surface area is 130 Å². The highest BCUT2D eigenvalue weighted by Crippen LogP contribution is 2.28. The molecule has 0 radical (unpaired) electrons. The van der Waals surface area contributed by atoms with Gasteiger partial charge in [0.25, 0.3) is 0 Å². The molecule has 1 aromatic carbocycles. The van der Waals surface area contributed by atoms with Gasteiger partial charge in [0.1, 0.15) is 5.75 Å². The van der Waals surface area contributed by atoms with Crippen molar-refractivity contribution in [1.29, 1.82) is 0 Å². The molecule has 0 spiro atoms. The smallest absolute Gasteiger partial charge is 0.124 e. The van der Waals surface area contributed by atoms with Crippen LogP contribution in [0.1, 0.15) is 24.1 Å². The lowest BCUT2D eigenvalue weighted by atomic mass is 10.0. The third kappa shape index (κ3) is 3.86. The summed E-state index contributed by atoms with van der Waals surface area (Å²) in [5.41, 5.74) is 2.96. The van der Waals surface area contributed by atoms with E-state index in [9.17, 15) is 0 Å². The molecule has 0 fully saturated rings. The number of hydrogen-bond acceptors (Lipinski definition) is 4. The lowest BCUT2D eigenvalue weighted by Gasteiger charge is -2.18. The normalized spacial score (nSPS) is 12.0. The average molecular weight is 307 g/mol. The van der Waals surface area contributed by atoms with Crippen LogP contribution in [0.4, 0.5) is 5.69 Å². The van der Waals surface area contributed by atoms with Crippen molar-refractivity contribution < 1.29 is 9.47 Å². The van der Waals surface area contributed by atoms with E-state index in [2.05, 4.69) is 23.3 Å². The summed E-state index contributed by atoms with van der Waals surface area (Å²) in [7, 11) is 3.33. The maximum atomic E-state index is 6.14. The standard InChI is InChI=1S/C16H19ClN2O2/c1-11(19-15-9-18-7-6-14(15)17)12-4-5-16(21-3)13(8-12)10-20-2/h4-9,11,19H,10H2,1-3H3. The van der Waals surface area contributed by atoms with E-state index in [4.69, 9.17) is 21.1 Å². The number of halogens is 1. The van der Waals surface area contributed by atoms with Crippen LogP contribution in [-0.2, 0) is 11.3 Å². The van der Waals surface area contributed by atoms with Gasteiger partial charge in [-0.3, -0.25) is 4.98 Å². The zero-order chi connectivity index (χ0) is 15.2. The quantitative estimate of drug-likeness (QED) is 0.874. The highest BCUT2D eigenvalue weighted by atomic mass is 35.5. The van der Waals surface area contributed by atoms with Gasteiger partial charge in [-0.1, -0.05) is 17.7 Å². The highest BCUT2D eigenvalue weighted by molar-refractivity contribution is 6.33. The molecular formula is C16H19ClN2O2. The average Bonchev–Trinajstić information content (AvgIpc) is 2.50. The number of anilines is 1. The molecule has 2 rings (SSSR count). The first-order valence-corrected chi connectivity index (χ1v) is 7.05. The van der Waals surface area contributed by atoms with E-state index < -0.39 is 0 Å². The summed E-state index contributed by atoms with van der Waals surface area (Å²) in [5, 5.41) is 4.01. The molecule has 2 aromatic rings. The van der Waals surface area contributed by atoms with Gasteiger partial charge in [-0.25, -0.2) is 0 Å². The second-order valence-electron chi connectivity index (χ2n) is 4.73. The summed E-state index contributed by atoms with van der Waals surface area (Å²) in [6.07, 6.45) is 3.39. The number of pyridine rings is 1. The zero-order valence-corrected chi connectivity index (χ0v) is 13.1. The van der Waals surface area contributed by atoms with E-state index in [1.165, 1.54) is 0 Å². The van der Waals surface area contributed by atoms with Crippen molar-refractivity contribution in [2.45, 2.75) is 19.6 Å². The molecule has 0 amide bonds. The van der Waals surface area contributed by atoms with Crippen LogP contribution in [0, 0.1) is 0 Å². The van der Waals surface area contributed by atoms with Gasteiger partial charge in [0, 0.05) is 24.9 Å². The molecular weight excluding hydrogens is 288 g/mol. The third-order valence-corrected chi connectivity index (χ3v) is 3.57. The topological polar surface area (TPSA) is 43.4 Å². The fourth-order valence-corrected chi connectivity index (χ4v) is 2.30. The molecule has 21 heavy (non-hydrogen) atoms. The highest BCUT2D eigenvalue weighted by Gasteiger charge is 2.11. The van der Waals surface area contributed by atoms with E-state index in [1.54, 1.807) is 32.7 Å². The van der Waals surface area contributed by atoms with Gasteiger partial charge < -0.3 is 14.8 Å².